The summed E-state index contributed by atoms with van der Waals surface area (Å²) in [6, 6.07) is 0. The topological polar surface area (TPSA) is 29.1 Å². The molecule has 0 spiro atoms. The van der Waals surface area contributed by atoms with Gasteiger partial charge in [-0.2, -0.15) is 0 Å². The van der Waals surface area contributed by atoms with Crippen molar-refractivity contribution in [3.63, 3.8) is 0 Å². The predicted molar refractivity (Wildman–Crippen MR) is 53.8 cm³/mol. The van der Waals surface area contributed by atoms with Crippen molar-refractivity contribution < 1.29 is 4.21 Å². The van der Waals surface area contributed by atoms with E-state index in [4.69, 9.17) is 0 Å². The Labute approximate surface area is 77.6 Å². The van der Waals surface area contributed by atoms with Gasteiger partial charge in [-0.3, -0.25) is 4.21 Å². The van der Waals surface area contributed by atoms with Crippen LogP contribution < -0.4 is 5.32 Å². The molecule has 2 nitrogen and oxygen atoms in total. The zero-order valence-electron chi connectivity index (χ0n) is 8.01. The van der Waals surface area contributed by atoms with E-state index in [0.29, 0.717) is 10.5 Å². The Balaban J connectivity index is 2.39. The lowest BCUT2D eigenvalue weighted by atomic mass is 10.2. The van der Waals surface area contributed by atoms with Gasteiger partial charge >= 0.3 is 0 Å². The summed E-state index contributed by atoms with van der Waals surface area (Å²) in [6.07, 6.45) is 3.36. The maximum Gasteiger partial charge on any atom is 0.0475 e. The first-order valence-corrected chi connectivity index (χ1v) is 6.13. The van der Waals surface area contributed by atoms with E-state index in [2.05, 4.69) is 19.2 Å². The third kappa shape index (κ3) is 2.56. The Hall–Kier alpha value is 0.110. The minimum atomic E-state index is -0.614. The third-order valence-corrected chi connectivity index (χ3v) is 4.74. The lowest BCUT2D eigenvalue weighted by Gasteiger charge is -2.24. The maximum absolute atomic E-state index is 11.8. The Morgan fingerprint density at radius 3 is 2.92 bits per heavy atom. The Kier molecular flexibility index (Phi) is 4.22. The first-order chi connectivity index (χ1) is 5.75. The molecule has 0 radical (unpaired) electrons. The van der Waals surface area contributed by atoms with Crippen LogP contribution >= 0.6 is 0 Å². The van der Waals surface area contributed by atoms with E-state index in [1.807, 2.05) is 0 Å². The van der Waals surface area contributed by atoms with Gasteiger partial charge in [0.1, 0.15) is 0 Å². The lowest BCUT2D eigenvalue weighted by Crippen LogP contribution is -2.38. The van der Waals surface area contributed by atoms with Gasteiger partial charge in [0.2, 0.25) is 0 Å². The largest absolute Gasteiger partial charge is 0.316 e. The fraction of sp³-hybridized carbons (Fsp3) is 1.00. The van der Waals surface area contributed by atoms with Crippen molar-refractivity contribution in [2.45, 2.75) is 43.6 Å². The molecule has 1 heterocycles. The molecule has 0 saturated carbocycles. The molecule has 0 aromatic carbocycles. The van der Waals surface area contributed by atoms with Crippen LogP contribution in [0.2, 0.25) is 0 Å². The molecule has 1 rings (SSSR count). The normalized spacial score (nSPS) is 29.7. The molecule has 0 amide bonds. The Morgan fingerprint density at radius 2 is 2.42 bits per heavy atom. The van der Waals surface area contributed by atoms with Crippen LogP contribution in [0, 0.1) is 0 Å². The van der Waals surface area contributed by atoms with Crippen molar-refractivity contribution in [2.24, 2.45) is 0 Å². The van der Waals surface area contributed by atoms with Crippen LogP contribution in [-0.2, 0) is 10.8 Å². The van der Waals surface area contributed by atoms with E-state index in [1.54, 1.807) is 0 Å². The average molecular weight is 189 g/mol. The number of piperidine rings is 1. The van der Waals surface area contributed by atoms with Crippen molar-refractivity contribution in [1.82, 2.24) is 5.32 Å². The van der Waals surface area contributed by atoms with Crippen molar-refractivity contribution in [3.05, 3.63) is 0 Å². The predicted octanol–water partition coefficient (Wildman–Crippen LogP) is 1.29. The lowest BCUT2D eigenvalue weighted by molar-refractivity contribution is 0.516. The average Bonchev–Trinajstić information content (AvgIpc) is 2.17. The molecule has 0 aromatic rings. The summed E-state index contributed by atoms with van der Waals surface area (Å²) >= 11 is 0. The minimum Gasteiger partial charge on any atom is -0.316 e. The zero-order chi connectivity index (χ0) is 8.97. The van der Waals surface area contributed by atoms with Crippen LogP contribution in [0.25, 0.3) is 0 Å². The van der Waals surface area contributed by atoms with Gasteiger partial charge in [0, 0.05) is 27.8 Å². The highest BCUT2D eigenvalue weighted by Crippen LogP contribution is 2.14. The number of hydrogen-bond acceptors (Lipinski definition) is 2. The second-order valence-electron chi connectivity index (χ2n) is 3.52. The molecule has 1 aliphatic rings. The molecular formula is C9H19NOS. The summed E-state index contributed by atoms with van der Waals surface area (Å²) in [5, 5.41) is 4.08. The molecule has 1 aliphatic heterocycles. The number of nitrogens with one attached hydrogen (secondary N) is 1. The standard InChI is InChI=1S/C9H19NOS/c1-3-8(2)12(11)9-5-4-6-10-7-9/h8-10H,3-7H2,1-2H3. The molecule has 1 N–H and O–H groups in total. The number of rotatable bonds is 3. The van der Waals surface area contributed by atoms with E-state index in [9.17, 15) is 4.21 Å². The fourth-order valence-electron chi connectivity index (χ4n) is 1.51. The zero-order valence-corrected chi connectivity index (χ0v) is 8.82. The van der Waals surface area contributed by atoms with Crippen LogP contribution in [0.1, 0.15) is 33.1 Å². The molecule has 0 bridgehead atoms. The highest BCUT2D eigenvalue weighted by molar-refractivity contribution is 7.86. The van der Waals surface area contributed by atoms with Crippen molar-refractivity contribution in [3.8, 4) is 0 Å². The van der Waals surface area contributed by atoms with Gasteiger partial charge in [-0.05, 0) is 25.8 Å². The van der Waals surface area contributed by atoms with Gasteiger partial charge in [-0.15, -0.1) is 0 Å². The summed E-state index contributed by atoms with van der Waals surface area (Å²) in [7, 11) is -0.614. The summed E-state index contributed by atoms with van der Waals surface area (Å²) in [5.41, 5.74) is 0. The molecule has 1 saturated heterocycles. The van der Waals surface area contributed by atoms with Gasteiger partial charge < -0.3 is 5.32 Å². The quantitative estimate of drug-likeness (QED) is 0.725. The molecule has 3 unspecified atom stereocenters. The SMILES string of the molecule is CCC(C)S(=O)C1CCCNC1. The highest BCUT2D eigenvalue weighted by atomic mass is 32.2. The smallest absolute Gasteiger partial charge is 0.0475 e. The maximum atomic E-state index is 11.8. The summed E-state index contributed by atoms with van der Waals surface area (Å²) in [5.74, 6) is 0. The van der Waals surface area contributed by atoms with Crippen LogP contribution in [0.3, 0.4) is 0 Å². The molecule has 3 heteroatoms. The summed E-state index contributed by atoms with van der Waals surface area (Å²) < 4.78 is 11.8. The van der Waals surface area contributed by atoms with Crippen molar-refractivity contribution >= 4 is 10.8 Å². The summed E-state index contributed by atoms with van der Waals surface area (Å²) in [6.45, 7) is 6.26. The molecule has 0 aliphatic carbocycles. The van der Waals surface area contributed by atoms with E-state index >= 15 is 0 Å². The number of hydrogen-bond donors (Lipinski definition) is 1. The van der Waals surface area contributed by atoms with E-state index < -0.39 is 10.8 Å². The van der Waals surface area contributed by atoms with Gasteiger partial charge in [-0.25, -0.2) is 0 Å². The van der Waals surface area contributed by atoms with E-state index in [1.165, 1.54) is 6.42 Å². The van der Waals surface area contributed by atoms with Gasteiger partial charge in [-0.1, -0.05) is 13.8 Å². The van der Waals surface area contributed by atoms with Gasteiger partial charge in [0.05, 0.1) is 0 Å². The second-order valence-corrected chi connectivity index (χ2v) is 5.64. The van der Waals surface area contributed by atoms with E-state index in [0.717, 1.165) is 25.9 Å². The van der Waals surface area contributed by atoms with Crippen LogP contribution in [0.5, 0.6) is 0 Å². The molecule has 3 atom stereocenters. The van der Waals surface area contributed by atoms with Crippen molar-refractivity contribution in [2.75, 3.05) is 13.1 Å². The highest BCUT2D eigenvalue weighted by Gasteiger charge is 2.22. The fourth-order valence-corrected chi connectivity index (χ4v) is 3.18. The Bertz CT molecular complexity index is 155. The van der Waals surface area contributed by atoms with Gasteiger partial charge in [0.15, 0.2) is 0 Å². The van der Waals surface area contributed by atoms with Crippen molar-refractivity contribution in [1.29, 1.82) is 0 Å². The first kappa shape index (κ1) is 10.2. The van der Waals surface area contributed by atoms with Crippen LogP contribution in [0.15, 0.2) is 0 Å². The van der Waals surface area contributed by atoms with E-state index in [-0.39, 0.29) is 0 Å². The summed E-state index contributed by atoms with van der Waals surface area (Å²) in [4.78, 5) is 0. The monoisotopic (exact) mass is 189 g/mol. The van der Waals surface area contributed by atoms with Crippen LogP contribution in [0.4, 0.5) is 0 Å². The van der Waals surface area contributed by atoms with Gasteiger partial charge in [0.25, 0.3) is 0 Å². The Morgan fingerprint density at radius 1 is 1.67 bits per heavy atom. The molecule has 12 heavy (non-hydrogen) atoms. The first-order valence-electron chi connectivity index (χ1n) is 4.85. The molecule has 0 aromatic heterocycles. The second kappa shape index (κ2) is 4.97. The molecule has 1 fully saturated rings. The molecule has 72 valence electrons. The minimum absolute atomic E-state index is 0.370. The van der Waals surface area contributed by atoms with Crippen LogP contribution in [-0.4, -0.2) is 27.8 Å². The third-order valence-electron chi connectivity index (χ3n) is 2.55. The molecular weight excluding hydrogens is 170 g/mol.